The van der Waals surface area contributed by atoms with Gasteiger partial charge in [0.05, 0.1) is 17.6 Å². The lowest BCUT2D eigenvalue weighted by Gasteiger charge is -2.19. The van der Waals surface area contributed by atoms with Gasteiger partial charge in [0, 0.05) is 37.2 Å². The molecular formula is C18H23Cl2IN8. The highest BCUT2D eigenvalue weighted by Crippen LogP contribution is 2.26. The number of aromatic nitrogens is 4. The van der Waals surface area contributed by atoms with Gasteiger partial charge in [-0.05, 0) is 24.6 Å². The highest BCUT2D eigenvalue weighted by molar-refractivity contribution is 14.0. The molecule has 0 aliphatic heterocycles. The maximum absolute atomic E-state index is 6.28. The van der Waals surface area contributed by atoms with E-state index in [0.717, 1.165) is 22.4 Å². The van der Waals surface area contributed by atoms with Crippen LogP contribution in [0, 0.1) is 0 Å². The number of hydrogen-bond acceptors (Lipinski definition) is 5. The number of halogens is 3. The summed E-state index contributed by atoms with van der Waals surface area (Å²) in [5.74, 6) is 1.43. The van der Waals surface area contributed by atoms with Crippen molar-refractivity contribution in [3.63, 3.8) is 0 Å². The first-order chi connectivity index (χ1) is 13.5. The molecule has 0 bridgehead atoms. The first-order valence-corrected chi connectivity index (χ1v) is 9.54. The fourth-order valence-corrected chi connectivity index (χ4v) is 3.37. The largest absolute Gasteiger partial charge is 0.368 e. The molecule has 3 aromatic rings. The van der Waals surface area contributed by atoms with Crippen molar-refractivity contribution in [2.24, 2.45) is 12.0 Å². The maximum atomic E-state index is 6.28. The van der Waals surface area contributed by atoms with E-state index >= 15 is 0 Å². The zero-order valence-corrected chi connectivity index (χ0v) is 20.1. The number of benzene rings is 1. The van der Waals surface area contributed by atoms with Crippen LogP contribution < -0.4 is 16.0 Å². The summed E-state index contributed by atoms with van der Waals surface area (Å²) in [6.45, 7) is 3.31. The number of hydrogen-bond donors (Lipinski definition) is 3. The van der Waals surface area contributed by atoms with Crippen LogP contribution in [0.4, 0.5) is 5.82 Å². The van der Waals surface area contributed by atoms with Crippen LogP contribution in [0.25, 0.3) is 11.0 Å². The van der Waals surface area contributed by atoms with E-state index in [1.54, 1.807) is 24.0 Å². The van der Waals surface area contributed by atoms with Crippen LogP contribution in [0.1, 0.15) is 18.5 Å². The van der Waals surface area contributed by atoms with E-state index in [2.05, 4.69) is 36.0 Å². The third kappa shape index (κ3) is 5.83. The first kappa shape index (κ1) is 23.4. The Morgan fingerprint density at radius 2 is 2.03 bits per heavy atom. The summed E-state index contributed by atoms with van der Waals surface area (Å²) in [7, 11) is 3.58. The van der Waals surface area contributed by atoms with Crippen LogP contribution in [-0.4, -0.2) is 45.8 Å². The molecular weight excluding hydrogens is 526 g/mol. The van der Waals surface area contributed by atoms with Crippen LogP contribution in [-0.2, 0) is 7.05 Å². The van der Waals surface area contributed by atoms with Crippen molar-refractivity contribution in [1.82, 2.24) is 30.4 Å². The van der Waals surface area contributed by atoms with Crippen molar-refractivity contribution in [3.8, 4) is 0 Å². The SMILES string of the molecule is CN=C(NCCNc1ncnc2c1cnn2C)NC(C)c1ccc(Cl)cc1Cl.I. The Bertz CT molecular complexity index is 991. The van der Waals surface area contributed by atoms with E-state index < -0.39 is 0 Å². The van der Waals surface area contributed by atoms with Crippen molar-refractivity contribution in [2.75, 3.05) is 25.5 Å². The zero-order chi connectivity index (χ0) is 20.1. The van der Waals surface area contributed by atoms with Gasteiger partial charge in [-0.3, -0.25) is 9.67 Å². The second-order valence-electron chi connectivity index (χ2n) is 6.19. The maximum Gasteiger partial charge on any atom is 0.191 e. The molecule has 0 radical (unpaired) electrons. The molecule has 2 aromatic heterocycles. The topological polar surface area (TPSA) is 92.1 Å². The fraction of sp³-hybridized carbons (Fsp3) is 0.333. The molecule has 0 spiro atoms. The molecule has 0 saturated carbocycles. The fourth-order valence-electron chi connectivity index (χ4n) is 2.79. The molecule has 1 aromatic carbocycles. The summed E-state index contributed by atoms with van der Waals surface area (Å²) in [4.78, 5) is 12.8. The van der Waals surface area contributed by atoms with Crippen LogP contribution in [0.5, 0.6) is 0 Å². The number of aliphatic imine (C=N–C) groups is 1. The molecule has 3 N–H and O–H groups in total. The van der Waals surface area contributed by atoms with Gasteiger partial charge in [0.15, 0.2) is 11.6 Å². The molecule has 11 heteroatoms. The Hall–Kier alpha value is -1.85. The lowest BCUT2D eigenvalue weighted by molar-refractivity contribution is 0.688. The summed E-state index contributed by atoms with van der Waals surface area (Å²) in [5.41, 5.74) is 1.74. The van der Waals surface area contributed by atoms with E-state index in [4.69, 9.17) is 23.2 Å². The van der Waals surface area contributed by atoms with Gasteiger partial charge in [-0.2, -0.15) is 5.10 Å². The van der Waals surface area contributed by atoms with Gasteiger partial charge in [-0.15, -0.1) is 24.0 Å². The Labute approximate surface area is 196 Å². The minimum absolute atomic E-state index is 0. The number of aryl methyl sites for hydroxylation is 1. The number of anilines is 1. The van der Waals surface area contributed by atoms with Crippen LogP contribution >= 0.6 is 47.2 Å². The molecule has 1 unspecified atom stereocenters. The minimum atomic E-state index is -0.0270. The smallest absolute Gasteiger partial charge is 0.191 e. The number of nitrogens with zero attached hydrogens (tertiary/aromatic N) is 5. The molecule has 0 saturated heterocycles. The van der Waals surface area contributed by atoms with Gasteiger partial charge < -0.3 is 16.0 Å². The average molecular weight is 549 g/mol. The quantitative estimate of drug-likeness (QED) is 0.188. The molecule has 2 heterocycles. The monoisotopic (exact) mass is 548 g/mol. The second kappa shape index (κ2) is 10.8. The van der Waals surface area contributed by atoms with Gasteiger partial charge in [0.2, 0.25) is 0 Å². The second-order valence-corrected chi connectivity index (χ2v) is 7.03. The van der Waals surface area contributed by atoms with Crippen molar-refractivity contribution in [2.45, 2.75) is 13.0 Å². The van der Waals surface area contributed by atoms with E-state index in [1.165, 1.54) is 6.33 Å². The number of guanidine groups is 1. The molecule has 1 atom stereocenters. The average Bonchev–Trinajstić information content (AvgIpc) is 3.06. The third-order valence-corrected chi connectivity index (χ3v) is 4.81. The normalized spacial score (nSPS) is 12.4. The predicted molar refractivity (Wildman–Crippen MR) is 130 cm³/mol. The molecule has 29 heavy (non-hydrogen) atoms. The van der Waals surface area contributed by atoms with Gasteiger partial charge >= 0.3 is 0 Å². The number of nitrogens with one attached hydrogen (secondary N) is 3. The van der Waals surface area contributed by atoms with Gasteiger partial charge in [-0.25, -0.2) is 9.97 Å². The molecule has 0 aliphatic carbocycles. The first-order valence-electron chi connectivity index (χ1n) is 8.78. The van der Waals surface area contributed by atoms with Crippen LogP contribution in [0.2, 0.25) is 10.0 Å². The minimum Gasteiger partial charge on any atom is -0.368 e. The predicted octanol–water partition coefficient (Wildman–Crippen LogP) is 3.63. The molecule has 0 fully saturated rings. The molecule has 156 valence electrons. The molecule has 0 amide bonds. The van der Waals surface area contributed by atoms with Gasteiger partial charge in [0.25, 0.3) is 0 Å². The van der Waals surface area contributed by atoms with Gasteiger partial charge in [0.1, 0.15) is 12.1 Å². The summed E-state index contributed by atoms with van der Waals surface area (Å²) >= 11 is 12.2. The van der Waals surface area contributed by atoms with E-state index in [-0.39, 0.29) is 30.0 Å². The lowest BCUT2D eigenvalue weighted by atomic mass is 10.1. The molecule has 3 rings (SSSR count). The Kier molecular flexibility index (Phi) is 8.72. The Balaban J connectivity index is 0.00000300. The third-order valence-electron chi connectivity index (χ3n) is 4.25. The highest BCUT2D eigenvalue weighted by atomic mass is 127. The molecule has 8 nitrogen and oxygen atoms in total. The lowest BCUT2D eigenvalue weighted by Crippen LogP contribution is -2.40. The van der Waals surface area contributed by atoms with Crippen LogP contribution in [0.15, 0.2) is 35.7 Å². The van der Waals surface area contributed by atoms with Crippen molar-refractivity contribution in [1.29, 1.82) is 0 Å². The summed E-state index contributed by atoms with van der Waals surface area (Å²) < 4.78 is 1.72. The van der Waals surface area contributed by atoms with E-state index in [1.807, 2.05) is 26.1 Å². The summed E-state index contributed by atoms with van der Waals surface area (Å²) in [6.07, 6.45) is 3.28. The zero-order valence-electron chi connectivity index (χ0n) is 16.3. The van der Waals surface area contributed by atoms with Crippen LogP contribution in [0.3, 0.4) is 0 Å². The highest BCUT2D eigenvalue weighted by Gasteiger charge is 2.12. The van der Waals surface area contributed by atoms with Crippen molar-refractivity contribution in [3.05, 3.63) is 46.3 Å². The van der Waals surface area contributed by atoms with Gasteiger partial charge in [-0.1, -0.05) is 29.3 Å². The van der Waals surface area contributed by atoms with E-state index in [9.17, 15) is 0 Å². The standard InChI is InChI=1S/C18H22Cl2N8.HI/c1-11(13-5-4-12(19)8-15(13)20)27-18(21-2)23-7-6-22-16-14-9-26-28(3)17(14)25-10-24-16;/h4-5,8-11H,6-7H2,1-3H3,(H2,21,23,27)(H,22,24,25);1H. The van der Waals surface area contributed by atoms with E-state index in [0.29, 0.717) is 29.1 Å². The number of rotatable bonds is 6. The summed E-state index contributed by atoms with van der Waals surface area (Å²) in [6, 6.07) is 5.44. The number of fused-ring (bicyclic) bond motifs is 1. The van der Waals surface area contributed by atoms with Crippen molar-refractivity contribution < 1.29 is 0 Å². The van der Waals surface area contributed by atoms with Crippen molar-refractivity contribution >= 4 is 70.0 Å². The summed E-state index contributed by atoms with van der Waals surface area (Å²) in [5, 5.41) is 16.2. The Morgan fingerprint density at radius 3 is 2.76 bits per heavy atom. The molecule has 0 aliphatic rings. The Morgan fingerprint density at radius 1 is 1.24 bits per heavy atom.